The van der Waals surface area contributed by atoms with Gasteiger partial charge in [0.05, 0.1) is 0 Å². The average molecular weight is 199 g/mol. The third-order valence-electron chi connectivity index (χ3n) is 3.10. The molecule has 0 bridgehead atoms. The van der Waals surface area contributed by atoms with Crippen LogP contribution in [0.15, 0.2) is 0 Å². The SMILES string of the molecule is CCC(CC1CC1)NCC(C)(C)CO. The van der Waals surface area contributed by atoms with Crippen molar-refractivity contribution in [1.29, 1.82) is 0 Å². The molecular formula is C12H25NO. The molecule has 0 spiro atoms. The highest BCUT2D eigenvalue weighted by molar-refractivity contribution is 4.81. The van der Waals surface area contributed by atoms with Crippen LogP contribution in [0.2, 0.25) is 0 Å². The minimum Gasteiger partial charge on any atom is -0.396 e. The lowest BCUT2D eigenvalue weighted by molar-refractivity contribution is 0.151. The van der Waals surface area contributed by atoms with E-state index in [-0.39, 0.29) is 12.0 Å². The molecule has 1 rings (SSSR count). The van der Waals surface area contributed by atoms with Gasteiger partial charge in [0.25, 0.3) is 0 Å². The van der Waals surface area contributed by atoms with Crippen LogP contribution >= 0.6 is 0 Å². The van der Waals surface area contributed by atoms with E-state index in [0.717, 1.165) is 12.5 Å². The molecule has 14 heavy (non-hydrogen) atoms. The van der Waals surface area contributed by atoms with Crippen LogP contribution in [0.1, 0.15) is 46.5 Å². The Labute approximate surface area is 88.1 Å². The molecule has 0 aromatic heterocycles. The van der Waals surface area contributed by atoms with Crippen molar-refractivity contribution in [1.82, 2.24) is 5.32 Å². The van der Waals surface area contributed by atoms with Gasteiger partial charge >= 0.3 is 0 Å². The minimum absolute atomic E-state index is 0.0248. The van der Waals surface area contributed by atoms with Crippen molar-refractivity contribution in [3.8, 4) is 0 Å². The van der Waals surface area contributed by atoms with E-state index in [2.05, 4.69) is 26.1 Å². The summed E-state index contributed by atoms with van der Waals surface area (Å²) in [7, 11) is 0. The number of aliphatic hydroxyl groups is 1. The number of hydrogen-bond acceptors (Lipinski definition) is 2. The molecule has 0 amide bonds. The summed E-state index contributed by atoms with van der Waals surface area (Å²) in [5, 5.41) is 12.7. The Bertz CT molecular complexity index is 164. The maximum absolute atomic E-state index is 9.13. The standard InChI is InChI=1S/C12H25NO/c1-4-11(7-10-5-6-10)13-8-12(2,3)9-14/h10-11,13-14H,4-9H2,1-3H3. The molecule has 1 aliphatic rings. The van der Waals surface area contributed by atoms with Crippen LogP contribution in [-0.2, 0) is 0 Å². The summed E-state index contributed by atoms with van der Waals surface area (Å²) in [6, 6.07) is 0.660. The molecule has 0 heterocycles. The van der Waals surface area contributed by atoms with E-state index in [4.69, 9.17) is 5.11 Å². The molecule has 1 unspecified atom stereocenters. The maximum atomic E-state index is 9.13. The Morgan fingerprint density at radius 1 is 1.43 bits per heavy atom. The first-order valence-electron chi connectivity index (χ1n) is 5.91. The molecule has 0 aromatic rings. The van der Waals surface area contributed by atoms with Crippen molar-refractivity contribution >= 4 is 0 Å². The van der Waals surface area contributed by atoms with Crippen molar-refractivity contribution < 1.29 is 5.11 Å². The summed E-state index contributed by atoms with van der Waals surface area (Å²) >= 11 is 0. The van der Waals surface area contributed by atoms with E-state index < -0.39 is 0 Å². The van der Waals surface area contributed by atoms with Gasteiger partial charge < -0.3 is 10.4 Å². The van der Waals surface area contributed by atoms with Crippen LogP contribution in [0.4, 0.5) is 0 Å². The smallest absolute Gasteiger partial charge is 0.0494 e. The first-order valence-corrected chi connectivity index (χ1v) is 5.91. The summed E-state index contributed by atoms with van der Waals surface area (Å²) in [5.74, 6) is 0.990. The Kier molecular flexibility index (Phi) is 4.39. The Morgan fingerprint density at radius 2 is 2.07 bits per heavy atom. The lowest BCUT2D eigenvalue weighted by atomic mass is 9.94. The van der Waals surface area contributed by atoms with Gasteiger partial charge in [-0.2, -0.15) is 0 Å². The first-order chi connectivity index (χ1) is 6.57. The normalized spacial score (nSPS) is 19.7. The molecule has 2 heteroatoms. The van der Waals surface area contributed by atoms with Gasteiger partial charge in [-0.3, -0.25) is 0 Å². The van der Waals surface area contributed by atoms with Crippen molar-refractivity contribution in [3.05, 3.63) is 0 Å². The van der Waals surface area contributed by atoms with E-state index >= 15 is 0 Å². The summed E-state index contributed by atoms with van der Waals surface area (Å²) in [4.78, 5) is 0. The fourth-order valence-corrected chi connectivity index (χ4v) is 1.63. The zero-order valence-electron chi connectivity index (χ0n) is 9.84. The molecule has 1 aliphatic carbocycles. The second kappa shape index (κ2) is 5.13. The van der Waals surface area contributed by atoms with Gasteiger partial charge in [-0.1, -0.05) is 33.6 Å². The van der Waals surface area contributed by atoms with Gasteiger partial charge in [-0.25, -0.2) is 0 Å². The molecule has 2 N–H and O–H groups in total. The zero-order valence-corrected chi connectivity index (χ0v) is 9.84. The van der Waals surface area contributed by atoms with Crippen molar-refractivity contribution in [2.75, 3.05) is 13.2 Å². The molecule has 0 aromatic carbocycles. The lowest BCUT2D eigenvalue weighted by Gasteiger charge is -2.26. The predicted octanol–water partition coefficient (Wildman–Crippen LogP) is 2.17. The van der Waals surface area contributed by atoms with E-state index in [0.29, 0.717) is 6.04 Å². The van der Waals surface area contributed by atoms with Gasteiger partial charge in [0.1, 0.15) is 0 Å². The van der Waals surface area contributed by atoms with Crippen LogP contribution in [0.3, 0.4) is 0 Å². The molecular weight excluding hydrogens is 174 g/mol. The van der Waals surface area contributed by atoms with Crippen LogP contribution in [0, 0.1) is 11.3 Å². The van der Waals surface area contributed by atoms with Crippen LogP contribution < -0.4 is 5.32 Å². The molecule has 1 atom stereocenters. The molecule has 1 saturated carbocycles. The molecule has 2 nitrogen and oxygen atoms in total. The zero-order chi connectivity index (χ0) is 10.6. The fourth-order valence-electron chi connectivity index (χ4n) is 1.63. The van der Waals surface area contributed by atoms with Gasteiger partial charge in [0.2, 0.25) is 0 Å². The minimum atomic E-state index is 0.0248. The van der Waals surface area contributed by atoms with E-state index in [1.54, 1.807) is 0 Å². The van der Waals surface area contributed by atoms with Gasteiger partial charge in [-0.05, 0) is 18.8 Å². The summed E-state index contributed by atoms with van der Waals surface area (Å²) in [5.41, 5.74) is 0.0248. The highest BCUT2D eigenvalue weighted by Crippen LogP contribution is 2.34. The van der Waals surface area contributed by atoms with Crippen molar-refractivity contribution in [2.45, 2.75) is 52.5 Å². The number of nitrogens with one attached hydrogen (secondary N) is 1. The molecule has 84 valence electrons. The predicted molar refractivity (Wildman–Crippen MR) is 60.3 cm³/mol. The molecule has 0 radical (unpaired) electrons. The van der Waals surface area contributed by atoms with Crippen molar-refractivity contribution in [2.24, 2.45) is 11.3 Å². The highest BCUT2D eigenvalue weighted by Gasteiger charge is 2.25. The monoisotopic (exact) mass is 199 g/mol. The topological polar surface area (TPSA) is 32.3 Å². The van der Waals surface area contributed by atoms with Crippen molar-refractivity contribution in [3.63, 3.8) is 0 Å². The average Bonchev–Trinajstić information content (AvgIpc) is 2.96. The third-order valence-corrected chi connectivity index (χ3v) is 3.10. The maximum Gasteiger partial charge on any atom is 0.0494 e. The fraction of sp³-hybridized carbons (Fsp3) is 1.00. The lowest BCUT2D eigenvalue weighted by Crippen LogP contribution is -2.38. The highest BCUT2D eigenvalue weighted by atomic mass is 16.3. The third kappa shape index (κ3) is 4.43. The molecule has 0 saturated heterocycles. The van der Waals surface area contributed by atoms with E-state index in [1.165, 1.54) is 25.7 Å². The molecule has 1 fully saturated rings. The van der Waals surface area contributed by atoms with Crippen LogP contribution in [0.5, 0.6) is 0 Å². The number of aliphatic hydroxyl groups excluding tert-OH is 1. The van der Waals surface area contributed by atoms with Gasteiger partial charge in [-0.15, -0.1) is 0 Å². The largest absolute Gasteiger partial charge is 0.396 e. The Morgan fingerprint density at radius 3 is 2.50 bits per heavy atom. The van der Waals surface area contributed by atoms with E-state index in [9.17, 15) is 0 Å². The Balaban J connectivity index is 2.18. The summed E-state index contributed by atoms with van der Waals surface area (Å²) in [6.45, 7) is 7.63. The quantitative estimate of drug-likeness (QED) is 0.658. The number of rotatable bonds is 7. The van der Waals surface area contributed by atoms with Crippen LogP contribution in [0.25, 0.3) is 0 Å². The van der Waals surface area contributed by atoms with E-state index in [1.807, 2.05) is 0 Å². The Hall–Kier alpha value is -0.0800. The second-order valence-electron chi connectivity index (χ2n) is 5.49. The van der Waals surface area contributed by atoms with Gasteiger partial charge in [0.15, 0.2) is 0 Å². The number of hydrogen-bond donors (Lipinski definition) is 2. The molecule has 0 aliphatic heterocycles. The second-order valence-corrected chi connectivity index (χ2v) is 5.49. The summed E-state index contributed by atoms with van der Waals surface area (Å²) < 4.78 is 0. The first kappa shape index (κ1) is 12.0. The summed E-state index contributed by atoms with van der Waals surface area (Å²) in [6.07, 6.45) is 5.40. The van der Waals surface area contributed by atoms with Gasteiger partial charge in [0, 0.05) is 24.6 Å². The van der Waals surface area contributed by atoms with Crippen LogP contribution in [-0.4, -0.2) is 24.3 Å².